The van der Waals surface area contributed by atoms with Crippen molar-refractivity contribution in [3.05, 3.63) is 33.8 Å². The summed E-state index contributed by atoms with van der Waals surface area (Å²) in [5.41, 5.74) is 2.55. The van der Waals surface area contributed by atoms with Crippen LogP contribution >= 0.6 is 15.9 Å². The van der Waals surface area contributed by atoms with E-state index in [2.05, 4.69) is 41.1 Å². The highest BCUT2D eigenvalue weighted by molar-refractivity contribution is 9.10. The maximum absolute atomic E-state index is 8.64. The lowest BCUT2D eigenvalue weighted by atomic mass is 10.1. The summed E-state index contributed by atoms with van der Waals surface area (Å²) < 4.78 is 1.15. The molecule has 0 bridgehead atoms. The Bertz CT molecular complexity index is 258. The van der Waals surface area contributed by atoms with Crippen molar-refractivity contribution in [2.75, 3.05) is 6.61 Å². The van der Waals surface area contributed by atoms with Crippen molar-refractivity contribution in [3.8, 4) is 0 Å². The molecule has 0 saturated heterocycles. The molecule has 1 rings (SSSR count). The van der Waals surface area contributed by atoms with Crippen LogP contribution in [0.5, 0.6) is 0 Å². The third kappa shape index (κ3) is 2.61. The van der Waals surface area contributed by atoms with Gasteiger partial charge in [-0.1, -0.05) is 28.1 Å². The van der Waals surface area contributed by atoms with Gasteiger partial charge in [-0.05, 0) is 37.0 Å². The van der Waals surface area contributed by atoms with Crippen LogP contribution in [0.3, 0.4) is 0 Å². The number of halogens is 1. The first-order valence-corrected chi connectivity index (χ1v) is 4.89. The second kappa shape index (κ2) is 4.63. The van der Waals surface area contributed by atoms with Crippen LogP contribution in [0.1, 0.15) is 17.5 Å². The third-order valence-corrected chi connectivity index (χ3v) is 2.74. The average Bonchev–Trinajstić information content (AvgIpc) is 2.07. The van der Waals surface area contributed by atoms with Gasteiger partial charge in [0.1, 0.15) is 0 Å². The van der Waals surface area contributed by atoms with E-state index >= 15 is 0 Å². The topological polar surface area (TPSA) is 20.2 Å². The molecule has 66 valence electrons. The SMILES string of the molecule is Cc1cc(CCCO)ccc1Br. The molecule has 0 radical (unpaired) electrons. The first kappa shape index (κ1) is 9.75. The highest BCUT2D eigenvalue weighted by Crippen LogP contribution is 2.17. The Kier molecular flexibility index (Phi) is 3.76. The highest BCUT2D eigenvalue weighted by Gasteiger charge is 1.96. The predicted octanol–water partition coefficient (Wildman–Crippen LogP) is 2.68. The van der Waals surface area contributed by atoms with Crippen LogP contribution in [0.25, 0.3) is 0 Å². The van der Waals surface area contributed by atoms with Crippen molar-refractivity contribution in [2.45, 2.75) is 19.8 Å². The summed E-state index contributed by atoms with van der Waals surface area (Å²) in [6.45, 7) is 2.35. The molecule has 0 fully saturated rings. The fraction of sp³-hybridized carbons (Fsp3) is 0.400. The fourth-order valence-electron chi connectivity index (χ4n) is 1.15. The summed E-state index contributed by atoms with van der Waals surface area (Å²) in [4.78, 5) is 0. The second-order valence-electron chi connectivity index (χ2n) is 2.91. The van der Waals surface area contributed by atoms with Gasteiger partial charge < -0.3 is 5.11 Å². The number of aryl methyl sites for hydroxylation is 2. The minimum Gasteiger partial charge on any atom is -0.396 e. The molecule has 0 unspecified atom stereocenters. The van der Waals surface area contributed by atoms with Gasteiger partial charge in [-0.15, -0.1) is 0 Å². The van der Waals surface area contributed by atoms with Gasteiger partial charge in [-0.3, -0.25) is 0 Å². The molecule has 12 heavy (non-hydrogen) atoms. The van der Waals surface area contributed by atoms with Crippen molar-refractivity contribution in [2.24, 2.45) is 0 Å². The zero-order valence-corrected chi connectivity index (χ0v) is 8.76. The number of aliphatic hydroxyl groups excluding tert-OH is 1. The standard InChI is InChI=1S/C10H13BrO/c1-8-7-9(3-2-6-12)4-5-10(8)11/h4-5,7,12H,2-3,6H2,1H3. The Morgan fingerprint density at radius 1 is 1.42 bits per heavy atom. The summed E-state index contributed by atoms with van der Waals surface area (Å²) in [6.07, 6.45) is 1.81. The maximum Gasteiger partial charge on any atom is 0.0434 e. The third-order valence-electron chi connectivity index (χ3n) is 1.85. The Labute approximate surface area is 81.6 Å². The molecule has 0 spiro atoms. The van der Waals surface area contributed by atoms with Gasteiger partial charge in [-0.25, -0.2) is 0 Å². The predicted molar refractivity (Wildman–Crippen MR) is 54.3 cm³/mol. The summed E-state index contributed by atoms with van der Waals surface area (Å²) in [5, 5.41) is 8.64. The molecule has 1 nitrogen and oxygen atoms in total. The van der Waals surface area contributed by atoms with Crippen molar-refractivity contribution < 1.29 is 5.11 Å². The van der Waals surface area contributed by atoms with Crippen LogP contribution in [0.15, 0.2) is 22.7 Å². The number of hydrogen-bond acceptors (Lipinski definition) is 1. The summed E-state index contributed by atoms with van der Waals surface area (Å²) in [5.74, 6) is 0. The van der Waals surface area contributed by atoms with Crippen LogP contribution < -0.4 is 0 Å². The number of hydrogen-bond donors (Lipinski definition) is 1. The first-order valence-electron chi connectivity index (χ1n) is 4.10. The van der Waals surface area contributed by atoms with Crippen LogP contribution in [0.2, 0.25) is 0 Å². The van der Waals surface area contributed by atoms with Gasteiger partial charge in [0.05, 0.1) is 0 Å². The Hall–Kier alpha value is -0.340. The molecule has 0 atom stereocenters. The lowest BCUT2D eigenvalue weighted by Gasteiger charge is -2.02. The van der Waals surface area contributed by atoms with E-state index in [-0.39, 0.29) is 6.61 Å². The molecule has 0 aliphatic heterocycles. The van der Waals surface area contributed by atoms with Gasteiger partial charge in [0, 0.05) is 11.1 Å². The fourth-order valence-corrected chi connectivity index (χ4v) is 1.39. The first-order chi connectivity index (χ1) is 5.74. The second-order valence-corrected chi connectivity index (χ2v) is 3.77. The average molecular weight is 229 g/mol. The Balaban J connectivity index is 2.69. The molecule has 0 heterocycles. The largest absolute Gasteiger partial charge is 0.396 e. The normalized spacial score (nSPS) is 10.2. The zero-order chi connectivity index (χ0) is 8.97. The molecule has 0 aliphatic rings. The molecule has 1 aromatic carbocycles. The minimum absolute atomic E-state index is 0.273. The molecule has 1 aromatic rings. The van der Waals surface area contributed by atoms with Crippen LogP contribution in [0, 0.1) is 6.92 Å². The number of rotatable bonds is 3. The Morgan fingerprint density at radius 3 is 2.75 bits per heavy atom. The van der Waals surface area contributed by atoms with E-state index in [1.54, 1.807) is 0 Å². The van der Waals surface area contributed by atoms with Crippen LogP contribution in [-0.4, -0.2) is 11.7 Å². The molecular weight excluding hydrogens is 216 g/mol. The van der Waals surface area contributed by atoms with E-state index < -0.39 is 0 Å². The highest BCUT2D eigenvalue weighted by atomic mass is 79.9. The van der Waals surface area contributed by atoms with E-state index in [0.717, 1.165) is 17.3 Å². The molecule has 0 saturated carbocycles. The minimum atomic E-state index is 0.273. The lowest BCUT2D eigenvalue weighted by Crippen LogP contribution is -1.90. The van der Waals surface area contributed by atoms with E-state index in [9.17, 15) is 0 Å². The van der Waals surface area contributed by atoms with Crippen molar-refractivity contribution in [1.82, 2.24) is 0 Å². The molecule has 0 amide bonds. The molecular formula is C10H13BrO. The quantitative estimate of drug-likeness (QED) is 0.844. The summed E-state index contributed by atoms with van der Waals surface area (Å²) in [6, 6.07) is 6.30. The van der Waals surface area contributed by atoms with Gasteiger partial charge in [0.15, 0.2) is 0 Å². The lowest BCUT2D eigenvalue weighted by molar-refractivity contribution is 0.288. The smallest absolute Gasteiger partial charge is 0.0434 e. The number of aliphatic hydroxyl groups is 1. The van der Waals surface area contributed by atoms with Crippen LogP contribution in [-0.2, 0) is 6.42 Å². The van der Waals surface area contributed by atoms with E-state index in [0.29, 0.717) is 0 Å². The van der Waals surface area contributed by atoms with E-state index in [1.807, 2.05) is 0 Å². The molecule has 1 N–H and O–H groups in total. The summed E-state index contributed by atoms with van der Waals surface area (Å²) >= 11 is 3.45. The van der Waals surface area contributed by atoms with Crippen molar-refractivity contribution in [1.29, 1.82) is 0 Å². The van der Waals surface area contributed by atoms with Gasteiger partial charge in [-0.2, -0.15) is 0 Å². The summed E-state index contributed by atoms with van der Waals surface area (Å²) in [7, 11) is 0. The maximum atomic E-state index is 8.64. The van der Waals surface area contributed by atoms with Gasteiger partial charge in [0.2, 0.25) is 0 Å². The Morgan fingerprint density at radius 2 is 2.17 bits per heavy atom. The molecule has 2 heteroatoms. The van der Waals surface area contributed by atoms with Crippen molar-refractivity contribution >= 4 is 15.9 Å². The van der Waals surface area contributed by atoms with E-state index in [1.165, 1.54) is 11.1 Å². The molecule has 0 aliphatic carbocycles. The number of benzene rings is 1. The van der Waals surface area contributed by atoms with Crippen LogP contribution in [0.4, 0.5) is 0 Å². The van der Waals surface area contributed by atoms with E-state index in [4.69, 9.17) is 5.11 Å². The van der Waals surface area contributed by atoms with Crippen molar-refractivity contribution in [3.63, 3.8) is 0 Å². The monoisotopic (exact) mass is 228 g/mol. The van der Waals surface area contributed by atoms with Gasteiger partial charge >= 0.3 is 0 Å². The molecule has 0 aromatic heterocycles. The zero-order valence-electron chi connectivity index (χ0n) is 7.18. The van der Waals surface area contributed by atoms with Gasteiger partial charge in [0.25, 0.3) is 0 Å².